The van der Waals surface area contributed by atoms with Gasteiger partial charge in [0.05, 0.1) is 17.4 Å². The molecular formula is C15H18N4OS. The zero-order chi connectivity index (χ0) is 15.0. The van der Waals surface area contributed by atoms with Crippen LogP contribution in [0, 0.1) is 6.92 Å². The normalized spacial score (nSPS) is 15.2. The van der Waals surface area contributed by atoms with Crippen LogP contribution in [0.1, 0.15) is 35.7 Å². The Morgan fingerprint density at radius 1 is 1.43 bits per heavy atom. The SMILES string of the molecule is Cc1csc(C(C)Nc2cc3c(cc2N)NC(=O)CC3)n1. The molecule has 2 heterocycles. The van der Waals surface area contributed by atoms with Crippen LogP contribution in [-0.4, -0.2) is 10.9 Å². The van der Waals surface area contributed by atoms with E-state index in [4.69, 9.17) is 5.73 Å². The topological polar surface area (TPSA) is 80.0 Å². The minimum absolute atomic E-state index is 0.0502. The van der Waals surface area contributed by atoms with Crippen LogP contribution < -0.4 is 16.4 Å². The Balaban J connectivity index is 1.84. The average Bonchev–Trinajstić information content (AvgIpc) is 2.86. The van der Waals surface area contributed by atoms with Gasteiger partial charge in [-0.2, -0.15) is 0 Å². The van der Waals surface area contributed by atoms with Gasteiger partial charge in [-0.3, -0.25) is 4.79 Å². The van der Waals surface area contributed by atoms with Gasteiger partial charge in [0.25, 0.3) is 0 Å². The smallest absolute Gasteiger partial charge is 0.224 e. The fourth-order valence-electron chi connectivity index (χ4n) is 2.44. The van der Waals surface area contributed by atoms with Crippen molar-refractivity contribution in [3.8, 4) is 0 Å². The van der Waals surface area contributed by atoms with Crippen LogP contribution in [0.4, 0.5) is 17.1 Å². The maximum atomic E-state index is 11.4. The summed E-state index contributed by atoms with van der Waals surface area (Å²) in [7, 11) is 0. The Morgan fingerprint density at radius 3 is 2.95 bits per heavy atom. The highest BCUT2D eigenvalue weighted by Gasteiger charge is 2.18. The van der Waals surface area contributed by atoms with Crippen molar-refractivity contribution in [1.82, 2.24) is 4.98 Å². The number of anilines is 3. The standard InChI is InChI=1S/C15H18N4OS/c1-8-7-21-15(17-8)9(2)18-13-5-10-3-4-14(20)19-12(10)6-11(13)16/h5-7,9,18H,3-4,16H2,1-2H3,(H,19,20). The lowest BCUT2D eigenvalue weighted by molar-refractivity contribution is -0.116. The van der Waals surface area contributed by atoms with E-state index in [1.807, 2.05) is 24.4 Å². The first-order valence-corrected chi connectivity index (χ1v) is 7.81. The van der Waals surface area contributed by atoms with E-state index in [1.165, 1.54) is 0 Å². The molecule has 0 saturated heterocycles. The van der Waals surface area contributed by atoms with Crippen LogP contribution in [0.15, 0.2) is 17.5 Å². The molecule has 5 nitrogen and oxygen atoms in total. The van der Waals surface area contributed by atoms with Crippen molar-refractivity contribution < 1.29 is 4.79 Å². The van der Waals surface area contributed by atoms with Gasteiger partial charge in [0, 0.05) is 23.2 Å². The first kappa shape index (κ1) is 13.9. The van der Waals surface area contributed by atoms with Crippen LogP contribution in [0.3, 0.4) is 0 Å². The lowest BCUT2D eigenvalue weighted by atomic mass is 10.0. The van der Waals surface area contributed by atoms with Gasteiger partial charge in [-0.25, -0.2) is 4.98 Å². The summed E-state index contributed by atoms with van der Waals surface area (Å²) < 4.78 is 0. The van der Waals surface area contributed by atoms with E-state index in [9.17, 15) is 4.79 Å². The van der Waals surface area contributed by atoms with Crippen molar-refractivity contribution in [2.45, 2.75) is 32.7 Å². The summed E-state index contributed by atoms with van der Waals surface area (Å²) >= 11 is 1.64. The van der Waals surface area contributed by atoms with Crippen molar-refractivity contribution in [2.24, 2.45) is 0 Å². The van der Waals surface area contributed by atoms with Crippen LogP contribution >= 0.6 is 11.3 Å². The van der Waals surface area contributed by atoms with E-state index in [2.05, 4.69) is 22.5 Å². The van der Waals surface area contributed by atoms with E-state index < -0.39 is 0 Å². The Bertz CT molecular complexity index is 695. The molecule has 1 atom stereocenters. The molecule has 0 saturated carbocycles. The second-order valence-electron chi connectivity index (χ2n) is 5.34. The number of aryl methyl sites for hydroxylation is 2. The monoisotopic (exact) mass is 302 g/mol. The number of hydrogen-bond donors (Lipinski definition) is 3. The predicted molar refractivity (Wildman–Crippen MR) is 86.7 cm³/mol. The molecule has 0 radical (unpaired) electrons. The Labute approximate surface area is 127 Å². The zero-order valence-electron chi connectivity index (χ0n) is 12.1. The largest absolute Gasteiger partial charge is 0.397 e. The van der Waals surface area contributed by atoms with Crippen LogP contribution in [0.2, 0.25) is 0 Å². The molecule has 1 aromatic heterocycles. The number of fused-ring (bicyclic) bond motifs is 1. The molecule has 1 aromatic carbocycles. The van der Waals surface area contributed by atoms with Crippen LogP contribution in [0.5, 0.6) is 0 Å². The lowest BCUT2D eigenvalue weighted by Gasteiger charge is -2.21. The second-order valence-corrected chi connectivity index (χ2v) is 6.23. The fraction of sp³-hybridized carbons (Fsp3) is 0.333. The first-order chi connectivity index (χ1) is 10.0. The molecule has 0 aliphatic carbocycles. The molecule has 21 heavy (non-hydrogen) atoms. The van der Waals surface area contributed by atoms with Crippen LogP contribution in [0.25, 0.3) is 0 Å². The van der Waals surface area contributed by atoms with Gasteiger partial charge in [-0.15, -0.1) is 11.3 Å². The quantitative estimate of drug-likeness (QED) is 0.761. The van der Waals surface area contributed by atoms with Crippen molar-refractivity contribution in [2.75, 3.05) is 16.4 Å². The van der Waals surface area contributed by atoms with E-state index in [0.717, 1.165) is 34.1 Å². The van der Waals surface area contributed by atoms with Gasteiger partial charge >= 0.3 is 0 Å². The summed E-state index contributed by atoms with van der Waals surface area (Å²) in [4.78, 5) is 15.9. The van der Waals surface area contributed by atoms with Crippen molar-refractivity contribution in [3.63, 3.8) is 0 Å². The third kappa shape index (κ3) is 2.85. The number of carbonyl (C=O) groups excluding carboxylic acids is 1. The summed E-state index contributed by atoms with van der Waals surface area (Å²) in [6, 6.07) is 3.96. The molecule has 2 aromatic rings. The van der Waals surface area contributed by atoms with E-state index in [-0.39, 0.29) is 11.9 Å². The molecule has 0 fully saturated rings. The number of aromatic nitrogens is 1. The maximum absolute atomic E-state index is 11.4. The van der Waals surface area contributed by atoms with Gasteiger partial charge in [0.1, 0.15) is 5.01 Å². The van der Waals surface area contributed by atoms with E-state index in [1.54, 1.807) is 11.3 Å². The summed E-state index contributed by atoms with van der Waals surface area (Å²) in [5.41, 5.74) is 10.6. The molecule has 1 aliphatic heterocycles. The molecule has 6 heteroatoms. The van der Waals surface area contributed by atoms with Gasteiger partial charge in [0.2, 0.25) is 5.91 Å². The van der Waals surface area contributed by atoms with E-state index in [0.29, 0.717) is 12.1 Å². The summed E-state index contributed by atoms with van der Waals surface area (Å²) in [5, 5.41) is 9.35. The van der Waals surface area contributed by atoms with Crippen molar-refractivity contribution in [1.29, 1.82) is 0 Å². The average molecular weight is 302 g/mol. The highest BCUT2D eigenvalue weighted by Crippen LogP contribution is 2.33. The number of thiazole rings is 1. The lowest BCUT2D eigenvalue weighted by Crippen LogP contribution is -2.19. The molecular weight excluding hydrogens is 284 g/mol. The first-order valence-electron chi connectivity index (χ1n) is 6.94. The van der Waals surface area contributed by atoms with Crippen molar-refractivity contribution >= 4 is 34.3 Å². The zero-order valence-corrected chi connectivity index (χ0v) is 12.9. The van der Waals surface area contributed by atoms with Gasteiger partial charge in [0.15, 0.2) is 0 Å². The Hall–Kier alpha value is -2.08. The Morgan fingerprint density at radius 2 is 2.24 bits per heavy atom. The molecule has 0 spiro atoms. The van der Waals surface area contributed by atoms with E-state index >= 15 is 0 Å². The maximum Gasteiger partial charge on any atom is 0.224 e. The number of carbonyl (C=O) groups is 1. The van der Waals surface area contributed by atoms with Gasteiger partial charge < -0.3 is 16.4 Å². The third-order valence-electron chi connectivity index (χ3n) is 3.55. The number of nitrogens with zero attached hydrogens (tertiary/aromatic N) is 1. The summed E-state index contributed by atoms with van der Waals surface area (Å²) in [5.74, 6) is 0.0502. The molecule has 1 aliphatic rings. The Kier molecular flexibility index (Phi) is 3.55. The number of hydrogen-bond acceptors (Lipinski definition) is 5. The minimum atomic E-state index is 0.0502. The molecule has 3 rings (SSSR count). The summed E-state index contributed by atoms with van der Waals surface area (Å²) in [6.45, 7) is 4.06. The molecule has 1 amide bonds. The number of amides is 1. The number of nitrogen functional groups attached to an aromatic ring is 1. The molecule has 0 bridgehead atoms. The predicted octanol–water partition coefficient (Wildman–Crippen LogP) is 3.09. The molecule has 4 N–H and O–H groups in total. The number of benzene rings is 1. The van der Waals surface area contributed by atoms with Crippen LogP contribution in [-0.2, 0) is 11.2 Å². The van der Waals surface area contributed by atoms with Gasteiger partial charge in [-0.05, 0) is 38.0 Å². The summed E-state index contributed by atoms with van der Waals surface area (Å²) in [6.07, 6.45) is 1.28. The third-order valence-corrected chi connectivity index (χ3v) is 4.70. The van der Waals surface area contributed by atoms with Crippen molar-refractivity contribution in [3.05, 3.63) is 33.8 Å². The fourth-order valence-corrected chi connectivity index (χ4v) is 3.24. The molecule has 1 unspecified atom stereocenters. The minimum Gasteiger partial charge on any atom is -0.397 e. The number of nitrogens with two attached hydrogens (primary N) is 1. The van der Waals surface area contributed by atoms with Gasteiger partial charge in [-0.1, -0.05) is 0 Å². The number of rotatable bonds is 3. The second kappa shape index (κ2) is 5.37. The highest BCUT2D eigenvalue weighted by atomic mass is 32.1. The number of nitrogens with one attached hydrogen (secondary N) is 2. The highest BCUT2D eigenvalue weighted by molar-refractivity contribution is 7.09. The molecule has 110 valence electrons.